The minimum absolute atomic E-state index is 0.0772. The molecule has 0 atom stereocenters. The number of H-pyrrole nitrogens is 1. The molecule has 2 aromatic heterocycles. The number of halogens is 1. The van der Waals surface area contributed by atoms with Crippen molar-refractivity contribution in [2.75, 3.05) is 18.0 Å². The number of aromatic nitrogens is 3. The van der Waals surface area contributed by atoms with Crippen molar-refractivity contribution < 1.29 is 14.3 Å². The molecule has 156 valence electrons. The summed E-state index contributed by atoms with van der Waals surface area (Å²) in [6.45, 7) is 1.92. The van der Waals surface area contributed by atoms with Gasteiger partial charge in [-0.3, -0.25) is 5.10 Å². The predicted octanol–water partition coefficient (Wildman–Crippen LogP) is 5.32. The molecule has 1 saturated heterocycles. The number of carboxylic acids is 1. The number of hydrogen-bond acceptors (Lipinski definition) is 6. The van der Waals surface area contributed by atoms with Gasteiger partial charge in [0, 0.05) is 35.8 Å². The zero-order chi connectivity index (χ0) is 20.9. The summed E-state index contributed by atoms with van der Waals surface area (Å²) in [4.78, 5) is 18.4. The van der Waals surface area contributed by atoms with E-state index in [-0.39, 0.29) is 4.91 Å². The zero-order valence-corrected chi connectivity index (χ0v) is 17.7. The van der Waals surface area contributed by atoms with Gasteiger partial charge >= 0.3 is 5.97 Å². The molecule has 0 bridgehead atoms. The summed E-state index contributed by atoms with van der Waals surface area (Å²) >= 11 is 6.88. The topological polar surface area (TPSA) is 95.2 Å². The van der Waals surface area contributed by atoms with Crippen LogP contribution in [0.15, 0.2) is 50.9 Å². The first-order valence-corrected chi connectivity index (χ1v) is 10.9. The molecule has 30 heavy (non-hydrogen) atoms. The Kier molecular flexibility index (Phi) is 6.44. The third-order valence-electron chi connectivity index (χ3n) is 4.80. The Morgan fingerprint density at radius 2 is 1.87 bits per heavy atom. The molecule has 7 nitrogen and oxygen atoms in total. The van der Waals surface area contributed by atoms with E-state index in [1.165, 1.54) is 18.9 Å². The molecule has 1 aromatic carbocycles. The van der Waals surface area contributed by atoms with Crippen molar-refractivity contribution in [1.82, 2.24) is 15.2 Å². The van der Waals surface area contributed by atoms with Gasteiger partial charge in [0.1, 0.15) is 10.7 Å². The summed E-state index contributed by atoms with van der Waals surface area (Å²) < 4.78 is 5.89. The standard InChI is InChI=1S/C21H21ClN4O3S/c22-15-7-5-14(6-8-15)19-23-21(25-24-19)30-17(20(27)28)13-16-9-10-18(29-16)26-11-3-1-2-4-12-26/h5-10,13H,1-4,11-12H2,(H,27,28)(H,23,24,25)/b17-13-. The van der Waals surface area contributed by atoms with E-state index in [0.29, 0.717) is 21.8 Å². The van der Waals surface area contributed by atoms with E-state index in [1.807, 2.05) is 18.2 Å². The predicted molar refractivity (Wildman–Crippen MR) is 118 cm³/mol. The van der Waals surface area contributed by atoms with Crippen molar-refractivity contribution in [3.05, 3.63) is 52.1 Å². The third-order valence-corrected chi connectivity index (χ3v) is 5.93. The van der Waals surface area contributed by atoms with E-state index in [9.17, 15) is 9.90 Å². The van der Waals surface area contributed by atoms with E-state index in [4.69, 9.17) is 16.0 Å². The smallest absolute Gasteiger partial charge is 0.342 e. The van der Waals surface area contributed by atoms with Crippen LogP contribution in [0.5, 0.6) is 0 Å². The molecule has 2 N–H and O–H groups in total. The number of anilines is 1. The average Bonchev–Trinajstić information content (AvgIpc) is 3.31. The van der Waals surface area contributed by atoms with Crippen LogP contribution in [0.1, 0.15) is 31.4 Å². The van der Waals surface area contributed by atoms with Crippen LogP contribution < -0.4 is 4.90 Å². The summed E-state index contributed by atoms with van der Waals surface area (Å²) in [6.07, 6.45) is 6.26. The monoisotopic (exact) mass is 444 g/mol. The molecule has 1 aliphatic heterocycles. The second kappa shape index (κ2) is 9.40. The molecule has 9 heteroatoms. The molecule has 0 spiro atoms. The van der Waals surface area contributed by atoms with Gasteiger partial charge in [0.05, 0.1) is 0 Å². The fraction of sp³-hybridized carbons (Fsp3) is 0.286. The summed E-state index contributed by atoms with van der Waals surface area (Å²) in [6, 6.07) is 10.8. The number of rotatable bonds is 6. The average molecular weight is 445 g/mol. The Balaban J connectivity index is 1.50. The summed E-state index contributed by atoms with van der Waals surface area (Å²) in [5.41, 5.74) is 0.813. The van der Waals surface area contributed by atoms with E-state index in [0.717, 1.165) is 49.1 Å². The van der Waals surface area contributed by atoms with Gasteiger partial charge in [0.25, 0.3) is 0 Å². The van der Waals surface area contributed by atoms with Crippen LogP contribution in [-0.2, 0) is 4.79 Å². The molecule has 0 saturated carbocycles. The van der Waals surface area contributed by atoms with Gasteiger partial charge in [-0.1, -0.05) is 24.4 Å². The molecule has 3 aromatic rings. The molecular weight excluding hydrogens is 424 g/mol. The highest BCUT2D eigenvalue weighted by molar-refractivity contribution is 8.04. The molecule has 1 aliphatic rings. The number of aromatic amines is 1. The quantitative estimate of drug-likeness (QED) is 0.392. The summed E-state index contributed by atoms with van der Waals surface area (Å²) in [5, 5.41) is 17.5. The molecule has 0 amide bonds. The lowest BCUT2D eigenvalue weighted by Crippen LogP contribution is -2.23. The maximum absolute atomic E-state index is 11.8. The Hall–Kier alpha value is -2.71. The Labute approximate surface area is 183 Å². The fourth-order valence-electron chi connectivity index (χ4n) is 3.27. The first kappa shape index (κ1) is 20.6. The van der Waals surface area contributed by atoms with Gasteiger partial charge in [0.15, 0.2) is 11.7 Å². The first-order chi connectivity index (χ1) is 14.6. The van der Waals surface area contributed by atoms with E-state index >= 15 is 0 Å². The van der Waals surface area contributed by atoms with Gasteiger partial charge in [0.2, 0.25) is 5.16 Å². The molecular formula is C21H21ClN4O3S. The van der Waals surface area contributed by atoms with Gasteiger partial charge in [-0.15, -0.1) is 5.10 Å². The number of nitrogens with zero attached hydrogens (tertiary/aromatic N) is 3. The van der Waals surface area contributed by atoms with Crippen molar-refractivity contribution in [1.29, 1.82) is 0 Å². The molecule has 0 aliphatic carbocycles. The number of hydrogen-bond donors (Lipinski definition) is 2. The maximum Gasteiger partial charge on any atom is 0.342 e. The number of furan rings is 1. The van der Waals surface area contributed by atoms with E-state index in [2.05, 4.69) is 20.1 Å². The first-order valence-electron chi connectivity index (χ1n) is 9.74. The van der Waals surface area contributed by atoms with Crippen molar-refractivity contribution in [3.8, 4) is 11.4 Å². The van der Waals surface area contributed by atoms with Crippen LogP contribution in [-0.4, -0.2) is 39.3 Å². The lowest BCUT2D eigenvalue weighted by atomic mass is 10.2. The van der Waals surface area contributed by atoms with Crippen LogP contribution >= 0.6 is 23.4 Å². The van der Waals surface area contributed by atoms with Crippen molar-refractivity contribution in [2.24, 2.45) is 0 Å². The number of carbonyl (C=O) groups is 1. The highest BCUT2D eigenvalue weighted by atomic mass is 35.5. The van der Waals surface area contributed by atoms with Crippen LogP contribution in [0.3, 0.4) is 0 Å². The van der Waals surface area contributed by atoms with Gasteiger partial charge < -0.3 is 14.4 Å². The van der Waals surface area contributed by atoms with Crippen LogP contribution in [0.2, 0.25) is 5.02 Å². The second-order valence-electron chi connectivity index (χ2n) is 6.97. The number of nitrogens with one attached hydrogen (secondary N) is 1. The number of aliphatic carboxylic acids is 1. The fourth-order valence-corrected chi connectivity index (χ4v) is 4.09. The van der Waals surface area contributed by atoms with Gasteiger partial charge in [-0.2, -0.15) is 0 Å². The van der Waals surface area contributed by atoms with Crippen LogP contribution in [0.25, 0.3) is 17.5 Å². The van der Waals surface area contributed by atoms with Crippen LogP contribution in [0, 0.1) is 0 Å². The van der Waals surface area contributed by atoms with Crippen molar-refractivity contribution in [2.45, 2.75) is 30.8 Å². The molecule has 0 unspecified atom stereocenters. The maximum atomic E-state index is 11.8. The normalized spacial score (nSPS) is 15.2. The Morgan fingerprint density at radius 3 is 2.57 bits per heavy atom. The van der Waals surface area contributed by atoms with E-state index in [1.54, 1.807) is 18.2 Å². The Morgan fingerprint density at radius 1 is 1.13 bits per heavy atom. The minimum Gasteiger partial charge on any atom is -0.477 e. The number of thioether (sulfide) groups is 1. The largest absolute Gasteiger partial charge is 0.477 e. The summed E-state index contributed by atoms with van der Waals surface area (Å²) in [7, 11) is 0. The molecule has 3 heterocycles. The SMILES string of the molecule is O=C(O)/C(=C/c1ccc(N2CCCCCC2)o1)Sc1n[nH]c(-c2ccc(Cl)cc2)n1. The number of benzene rings is 1. The van der Waals surface area contributed by atoms with Gasteiger partial charge in [-0.05, 0) is 54.9 Å². The lowest BCUT2D eigenvalue weighted by molar-refractivity contribution is -0.131. The molecule has 0 radical (unpaired) electrons. The Bertz CT molecular complexity index is 1040. The third kappa shape index (κ3) is 5.06. The van der Waals surface area contributed by atoms with Crippen LogP contribution in [0.4, 0.5) is 5.88 Å². The van der Waals surface area contributed by atoms with Crippen molar-refractivity contribution >= 4 is 41.3 Å². The second-order valence-corrected chi connectivity index (χ2v) is 8.41. The molecule has 4 rings (SSSR count). The number of carboxylic acid groups (broad SMARTS) is 1. The summed E-state index contributed by atoms with van der Waals surface area (Å²) in [5.74, 6) is 0.749. The highest BCUT2D eigenvalue weighted by Gasteiger charge is 2.17. The zero-order valence-electron chi connectivity index (χ0n) is 16.2. The highest BCUT2D eigenvalue weighted by Crippen LogP contribution is 2.30. The lowest BCUT2D eigenvalue weighted by Gasteiger charge is -2.18. The minimum atomic E-state index is -1.06. The van der Waals surface area contributed by atoms with E-state index < -0.39 is 5.97 Å². The molecule has 1 fully saturated rings. The van der Waals surface area contributed by atoms with Gasteiger partial charge in [-0.25, -0.2) is 9.78 Å². The van der Waals surface area contributed by atoms with Crippen molar-refractivity contribution in [3.63, 3.8) is 0 Å².